The van der Waals surface area contributed by atoms with Gasteiger partial charge in [-0.15, -0.1) is 0 Å². The maximum atomic E-state index is 6.65. The quantitative estimate of drug-likeness (QED) is 0.135. The van der Waals surface area contributed by atoms with E-state index in [1.54, 1.807) is 0 Å². The van der Waals surface area contributed by atoms with Gasteiger partial charge in [0.25, 0.3) is 0 Å². The zero-order chi connectivity index (χ0) is 66.7. The first-order valence-electron chi connectivity index (χ1n) is 33.8. The molecule has 474 valence electrons. The minimum atomic E-state index is 0.500. The SMILES string of the molecule is c1ccc(-c2nc(-c3ccc4c(c3)oc3ccc(-c5cccc6c5oc5ccccc56)cc34)nc(-c3ccc4oc5cc(-c6ccc(-c7nc(-c8ccc9c(c8)oc8ccc(-c%10cccc%11c%10oc%10ccccc%10%11)cc89)nc(-c8cccc9oc%10ccccc%10c89)n7)cc6)ccc5c4c3)n2)cc1. The van der Waals surface area contributed by atoms with E-state index in [1.807, 2.05) is 140 Å². The minimum Gasteiger partial charge on any atom is -0.456 e. The van der Waals surface area contributed by atoms with E-state index in [0.717, 1.165) is 193 Å². The third kappa shape index (κ3) is 8.82. The standard InChI is InChI=1S/C90H48N6O6/c1-2-13-50(14-3-1)85-91-87(94-88(92-85)56-32-38-63-69-43-53(34-40-75(69)99-80(63)47-56)58-18-10-20-65-60-15-4-7-23-72(60)101-83(58)65)55-36-42-77-71(45-55)62-37-31-52(46-79(62)98-77)49-27-29-51(30-28-49)86-93-89(96-90(95-86)68-22-12-26-78-82(68)67-17-6-9-25-74(67)97-78)57-33-39-64-70-44-54(35-41-76(70)100-81(64)48-57)59-19-11-21-66-61-16-5-8-24-73(61)102-84(59)66/h1-48H. The molecule has 0 amide bonds. The van der Waals surface area contributed by atoms with Gasteiger partial charge in [-0.25, -0.2) is 29.9 Å². The number of rotatable bonds is 9. The van der Waals surface area contributed by atoms with Crippen LogP contribution in [0.4, 0.5) is 0 Å². The first-order chi connectivity index (χ1) is 50.4. The van der Waals surface area contributed by atoms with Crippen LogP contribution in [-0.4, -0.2) is 29.9 Å². The molecule has 22 aromatic rings. The molecule has 22 rings (SSSR count). The monoisotopic (exact) mass is 1310 g/mol. The molecule has 12 nitrogen and oxygen atoms in total. The van der Waals surface area contributed by atoms with Crippen LogP contribution < -0.4 is 0 Å². The van der Waals surface area contributed by atoms with Gasteiger partial charge in [-0.05, 0) is 125 Å². The van der Waals surface area contributed by atoms with Crippen molar-refractivity contribution >= 4 is 132 Å². The predicted octanol–water partition coefficient (Wildman–Crippen LogP) is 24.5. The highest BCUT2D eigenvalue weighted by molar-refractivity contribution is 6.15. The van der Waals surface area contributed by atoms with Crippen molar-refractivity contribution < 1.29 is 26.5 Å². The number of aromatic nitrogens is 6. The Hall–Kier alpha value is -14.1. The maximum Gasteiger partial charge on any atom is 0.164 e. The number of fused-ring (bicyclic) bond motifs is 18. The molecule has 0 spiro atoms. The summed E-state index contributed by atoms with van der Waals surface area (Å²) in [6.07, 6.45) is 0. The number of para-hydroxylation sites is 5. The molecule has 12 heteroatoms. The van der Waals surface area contributed by atoms with Crippen LogP contribution >= 0.6 is 0 Å². The fourth-order valence-corrected chi connectivity index (χ4v) is 15.1. The van der Waals surface area contributed by atoms with Crippen LogP contribution in [0, 0.1) is 0 Å². The van der Waals surface area contributed by atoms with Crippen molar-refractivity contribution in [2.75, 3.05) is 0 Å². The highest BCUT2D eigenvalue weighted by Crippen LogP contribution is 2.44. The third-order valence-corrected chi connectivity index (χ3v) is 20.0. The van der Waals surface area contributed by atoms with Crippen molar-refractivity contribution in [1.82, 2.24) is 29.9 Å². The Bertz CT molecular complexity index is 7280. The number of nitrogens with zero attached hydrogens (tertiary/aromatic N) is 6. The molecule has 0 N–H and O–H groups in total. The van der Waals surface area contributed by atoms with E-state index < -0.39 is 0 Å². The summed E-state index contributed by atoms with van der Waals surface area (Å²) < 4.78 is 39.2. The molecule has 0 aliphatic heterocycles. The molecule has 8 heterocycles. The fourth-order valence-electron chi connectivity index (χ4n) is 15.1. The summed E-state index contributed by atoms with van der Waals surface area (Å²) in [6.45, 7) is 0. The molecule has 0 aliphatic rings. The summed E-state index contributed by atoms with van der Waals surface area (Å²) in [6, 6.07) is 98.9. The first-order valence-corrected chi connectivity index (χ1v) is 33.8. The summed E-state index contributed by atoms with van der Waals surface area (Å²) in [7, 11) is 0. The molecule has 14 aromatic carbocycles. The molecule has 102 heavy (non-hydrogen) atoms. The van der Waals surface area contributed by atoms with Crippen LogP contribution in [0.1, 0.15) is 0 Å². The molecule has 0 saturated heterocycles. The summed E-state index contributed by atoms with van der Waals surface area (Å²) in [4.78, 5) is 31.2. The molecule has 0 bridgehead atoms. The number of hydrogen-bond acceptors (Lipinski definition) is 12. The molecule has 0 fully saturated rings. The average Bonchev–Trinajstić information content (AvgIpc) is 1.59. The second-order valence-corrected chi connectivity index (χ2v) is 26.0. The highest BCUT2D eigenvalue weighted by atomic mass is 16.3. The number of hydrogen-bond donors (Lipinski definition) is 0. The molecule has 8 aromatic heterocycles. The lowest BCUT2D eigenvalue weighted by Crippen LogP contribution is -2.00. The van der Waals surface area contributed by atoms with Crippen molar-refractivity contribution in [1.29, 1.82) is 0 Å². The summed E-state index contributed by atoms with van der Waals surface area (Å²) >= 11 is 0. The lowest BCUT2D eigenvalue weighted by molar-refractivity contribution is 0.668. The molecule has 0 radical (unpaired) electrons. The zero-order valence-electron chi connectivity index (χ0n) is 53.8. The van der Waals surface area contributed by atoms with Gasteiger partial charge < -0.3 is 26.5 Å². The van der Waals surface area contributed by atoms with E-state index in [4.69, 9.17) is 56.4 Å². The maximum absolute atomic E-state index is 6.65. The topological polar surface area (TPSA) is 156 Å². The molecule has 0 saturated carbocycles. The Kier molecular flexibility index (Phi) is 11.9. The fraction of sp³-hybridized carbons (Fsp3) is 0. The molecule has 0 aliphatic carbocycles. The summed E-state index contributed by atoms with van der Waals surface area (Å²) in [5.41, 5.74) is 20.5. The van der Waals surface area contributed by atoms with Gasteiger partial charge in [-0.3, -0.25) is 0 Å². The van der Waals surface area contributed by atoms with Gasteiger partial charge in [0.05, 0.1) is 0 Å². The highest BCUT2D eigenvalue weighted by Gasteiger charge is 2.23. The van der Waals surface area contributed by atoms with Gasteiger partial charge in [0, 0.05) is 109 Å². The number of furan rings is 6. The molecule has 0 unspecified atom stereocenters. The van der Waals surface area contributed by atoms with E-state index >= 15 is 0 Å². The van der Waals surface area contributed by atoms with Crippen LogP contribution in [0.15, 0.2) is 318 Å². The first kappa shape index (κ1) is 56.0. The second-order valence-electron chi connectivity index (χ2n) is 26.0. The predicted molar refractivity (Wildman–Crippen MR) is 406 cm³/mol. The lowest BCUT2D eigenvalue weighted by atomic mass is 10.00. The van der Waals surface area contributed by atoms with E-state index in [0.29, 0.717) is 40.5 Å². The lowest BCUT2D eigenvalue weighted by Gasteiger charge is -2.10. The van der Waals surface area contributed by atoms with Gasteiger partial charge in [0.15, 0.2) is 34.9 Å². The smallest absolute Gasteiger partial charge is 0.164 e. The van der Waals surface area contributed by atoms with E-state index in [2.05, 4.69) is 152 Å². The molecule has 0 atom stereocenters. The molecular weight excluding hydrogens is 1260 g/mol. The normalized spacial score (nSPS) is 12.1. The van der Waals surface area contributed by atoms with Crippen molar-refractivity contribution in [2.24, 2.45) is 0 Å². The number of benzene rings is 14. The Morgan fingerprint density at radius 2 is 0.480 bits per heavy atom. The minimum absolute atomic E-state index is 0.500. The van der Waals surface area contributed by atoms with Crippen LogP contribution in [0.3, 0.4) is 0 Å². The van der Waals surface area contributed by atoms with Crippen molar-refractivity contribution in [3.8, 4) is 102 Å². The Morgan fingerprint density at radius 1 is 0.157 bits per heavy atom. The Morgan fingerprint density at radius 3 is 1.02 bits per heavy atom. The molecular formula is C90H48N6O6. The van der Waals surface area contributed by atoms with Gasteiger partial charge in [-0.2, -0.15) is 0 Å². The summed E-state index contributed by atoms with van der Waals surface area (Å²) in [5.74, 6) is 3.14. The van der Waals surface area contributed by atoms with Crippen LogP contribution in [0.25, 0.3) is 233 Å². The van der Waals surface area contributed by atoms with Gasteiger partial charge in [0.2, 0.25) is 0 Å². The third-order valence-electron chi connectivity index (χ3n) is 20.0. The Labute approximate surface area is 577 Å². The Balaban J connectivity index is 0.594. The van der Waals surface area contributed by atoms with Crippen LogP contribution in [-0.2, 0) is 0 Å². The van der Waals surface area contributed by atoms with Crippen molar-refractivity contribution in [3.63, 3.8) is 0 Å². The van der Waals surface area contributed by atoms with Gasteiger partial charge in [0.1, 0.15) is 67.0 Å². The van der Waals surface area contributed by atoms with E-state index in [1.165, 1.54) is 0 Å². The second kappa shape index (κ2) is 21.7. The van der Waals surface area contributed by atoms with Crippen molar-refractivity contribution in [3.05, 3.63) is 291 Å². The van der Waals surface area contributed by atoms with Gasteiger partial charge >= 0.3 is 0 Å². The van der Waals surface area contributed by atoms with Crippen LogP contribution in [0.5, 0.6) is 0 Å². The van der Waals surface area contributed by atoms with Crippen molar-refractivity contribution in [2.45, 2.75) is 0 Å². The largest absolute Gasteiger partial charge is 0.456 e. The summed E-state index contributed by atoms with van der Waals surface area (Å²) in [5, 5.41) is 12.1. The van der Waals surface area contributed by atoms with E-state index in [9.17, 15) is 0 Å². The average molecular weight is 1310 g/mol. The van der Waals surface area contributed by atoms with E-state index in [-0.39, 0.29) is 0 Å². The zero-order valence-corrected chi connectivity index (χ0v) is 53.8. The van der Waals surface area contributed by atoms with Crippen LogP contribution in [0.2, 0.25) is 0 Å². The van der Waals surface area contributed by atoms with Gasteiger partial charge in [-0.1, -0.05) is 188 Å².